The number of nitrogens with zero attached hydrogens (tertiary/aromatic N) is 1. The van der Waals surface area contributed by atoms with Gasteiger partial charge in [-0.15, -0.1) is 0 Å². The summed E-state index contributed by atoms with van der Waals surface area (Å²) in [5.41, 5.74) is 3.41. The van der Waals surface area contributed by atoms with E-state index in [1.165, 1.54) is 0 Å². The minimum atomic E-state index is -0.0808. The number of carbonyl (C=O) groups is 1. The van der Waals surface area contributed by atoms with Gasteiger partial charge in [-0.2, -0.15) is 0 Å². The first-order valence-electron chi connectivity index (χ1n) is 7.46. The molecule has 2 aromatic carbocycles. The van der Waals surface area contributed by atoms with Gasteiger partial charge in [-0.05, 0) is 29.7 Å². The van der Waals surface area contributed by atoms with Crippen LogP contribution in [0.4, 0.5) is 0 Å². The summed E-state index contributed by atoms with van der Waals surface area (Å²) in [5, 5.41) is 8.91. The molecule has 2 heterocycles. The number of aromatic nitrogens is 2. The molecular weight excluding hydrogens is 290 g/mol. The fraction of sp³-hybridized carbons (Fsp3) is 0.111. The monoisotopic (exact) mass is 305 g/mol. The van der Waals surface area contributed by atoms with Crippen LogP contribution in [0, 0.1) is 0 Å². The fourth-order valence-corrected chi connectivity index (χ4v) is 2.70. The van der Waals surface area contributed by atoms with Crippen molar-refractivity contribution < 1.29 is 9.32 Å². The molecule has 0 saturated carbocycles. The van der Waals surface area contributed by atoms with Crippen LogP contribution in [0.2, 0.25) is 0 Å². The number of amides is 1. The summed E-state index contributed by atoms with van der Waals surface area (Å²) in [6.07, 6.45) is 0.206. The topological polar surface area (TPSA) is 70.9 Å². The standard InChI is InChI=1S/C18H15N3O2/c22-18(10-16-14-6-2-4-8-17(14)23-21-16)19-11-13-9-12-5-1-3-7-15(12)20-13/h1-9,20H,10-11H2,(H,19,22). The molecule has 1 amide bonds. The van der Waals surface area contributed by atoms with Gasteiger partial charge in [0.05, 0.1) is 13.0 Å². The first-order chi connectivity index (χ1) is 11.3. The van der Waals surface area contributed by atoms with Gasteiger partial charge in [0.1, 0.15) is 5.69 Å². The maximum atomic E-state index is 12.1. The SMILES string of the molecule is O=C(Cc1noc2ccccc12)NCc1cc2ccccc2[nH]1. The lowest BCUT2D eigenvalue weighted by molar-refractivity contribution is -0.120. The van der Waals surface area contributed by atoms with E-state index in [4.69, 9.17) is 4.52 Å². The Morgan fingerprint density at radius 3 is 2.87 bits per heavy atom. The number of rotatable bonds is 4. The molecule has 0 saturated heterocycles. The van der Waals surface area contributed by atoms with Crippen LogP contribution in [0.3, 0.4) is 0 Å². The third kappa shape index (κ3) is 2.68. The number of H-pyrrole nitrogens is 1. The number of fused-ring (bicyclic) bond motifs is 2. The summed E-state index contributed by atoms with van der Waals surface area (Å²) in [6, 6.07) is 17.6. The molecule has 0 fully saturated rings. The normalized spacial score (nSPS) is 11.1. The molecule has 5 nitrogen and oxygen atoms in total. The van der Waals surface area contributed by atoms with Gasteiger partial charge in [-0.1, -0.05) is 35.5 Å². The molecule has 2 aromatic heterocycles. The molecule has 0 bridgehead atoms. The molecule has 0 radical (unpaired) electrons. The highest BCUT2D eigenvalue weighted by molar-refractivity contribution is 5.86. The van der Waals surface area contributed by atoms with E-state index in [-0.39, 0.29) is 12.3 Å². The molecule has 5 heteroatoms. The van der Waals surface area contributed by atoms with Crippen LogP contribution in [0.15, 0.2) is 59.1 Å². The predicted octanol–water partition coefficient (Wildman–Crippen LogP) is 3.17. The van der Waals surface area contributed by atoms with Crippen LogP contribution < -0.4 is 5.32 Å². The van der Waals surface area contributed by atoms with Crippen molar-refractivity contribution in [1.82, 2.24) is 15.5 Å². The lowest BCUT2D eigenvalue weighted by atomic mass is 10.1. The molecule has 23 heavy (non-hydrogen) atoms. The van der Waals surface area contributed by atoms with E-state index in [2.05, 4.69) is 15.5 Å². The number of benzene rings is 2. The third-order valence-corrected chi connectivity index (χ3v) is 3.84. The van der Waals surface area contributed by atoms with Gasteiger partial charge >= 0.3 is 0 Å². The van der Waals surface area contributed by atoms with E-state index in [1.54, 1.807) is 0 Å². The molecule has 0 unspecified atom stereocenters. The molecule has 0 aliphatic rings. The van der Waals surface area contributed by atoms with E-state index >= 15 is 0 Å². The number of para-hydroxylation sites is 2. The van der Waals surface area contributed by atoms with Crippen LogP contribution in [0.25, 0.3) is 21.9 Å². The minimum absolute atomic E-state index is 0.0808. The van der Waals surface area contributed by atoms with E-state index < -0.39 is 0 Å². The second kappa shape index (κ2) is 5.61. The van der Waals surface area contributed by atoms with Crippen molar-refractivity contribution >= 4 is 27.8 Å². The first-order valence-corrected chi connectivity index (χ1v) is 7.46. The van der Waals surface area contributed by atoms with Crippen LogP contribution in [0.5, 0.6) is 0 Å². The van der Waals surface area contributed by atoms with Gasteiger partial charge in [0.25, 0.3) is 0 Å². The Bertz CT molecular complexity index is 951. The summed E-state index contributed by atoms with van der Waals surface area (Å²) < 4.78 is 5.22. The van der Waals surface area contributed by atoms with Gasteiger partial charge in [0.15, 0.2) is 5.58 Å². The highest BCUT2D eigenvalue weighted by Crippen LogP contribution is 2.18. The number of nitrogens with one attached hydrogen (secondary N) is 2. The molecule has 4 aromatic rings. The molecule has 114 valence electrons. The Hall–Kier alpha value is -3.08. The summed E-state index contributed by atoms with van der Waals surface area (Å²) in [4.78, 5) is 15.4. The molecule has 2 N–H and O–H groups in total. The van der Waals surface area contributed by atoms with E-state index in [9.17, 15) is 4.79 Å². The maximum absolute atomic E-state index is 12.1. The van der Waals surface area contributed by atoms with Crippen LogP contribution >= 0.6 is 0 Å². The van der Waals surface area contributed by atoms with Crippen molar-refractivity contribution in [1.29, 1.82) is 0 Å². The number of carbonyl (C=O) groups excluding carboxylic acids is 1. The number of aromatic amines is 1. The Morgan fingerprint density at radius 1 is 1.13 bits per heavy atom. The summed E-state index contributed by atoms with van der Waals surface area (Å²) in [5.74, 6) is -0.0808. The van der Waals surface area contributed by atoms with E-state index in [1.807, 2.05) is 54.6 Å². The average Bonchev–Trinajstić information content (AvgIpc) is 3.17. The third-order valence-electron chi connectivity index (χ3n) is 3.84. The molecule has 4 rings (SSSR count). The van der Waals surface area contributed by atoms with Gasteiger partial charge < -0.3 is 14.8 Å². The molecule has 0 atom stereocenters. The van der Waals surface area contributed by atoms with Gasteiger partial charge in [-0.25, -0.2) is 0 Å². The fourth-order valence-electron chi connectivity index (χ4n) is 2.70. The zero-order chi connectivity index (χ0) is 15.6. The molecular formula is C18H15N3O2. The Labute approximate surface area is 132 Å². The molecule has 0 spiro atoms. The van der Waals surface area contributed by atoms with Gasteiger partial charge in [-0.3, -0.25) is 4.79 Å². The smallest absolute Gasteiger partial charge is 0.226 e. The van der Waals surface area contributed by atoms with Crippen molar-refractivity contribution in [2.45, 2.75) is 13.0 Å². The quantitative estimate of drug-likeness (QED) is 0.608. The Morgan fingerprint density at radius 2 is 1.96 bits per heavy atom. The summed E-state index contributed by atoms with van der Waals surface area (Å²) in [6.45, 7) is 0.462. The number of hydrogen-bond donors (Lipinski definition) is 2. The van der Waals surface area contributed by atoms with Gasteiger partial charge in [0, 0.05) is 16.6 Å². The second-order valence-electron chi connectivity index (χ2n) is 5.46. The van der Waals surface area contributed by atoms with Gasteiger partial charge in [0.2, 0.25) is 5.91 Å². The van der Waals surface area contributed by atoms with Crippen molar-refractivity contribution in [3.63, 3.8) is 0 Å². The lowest BCUT2D eigenvalue weighted by Crippen LogP contribution is -2.24. The van der Waals surface area contributed by atoms with Crippen molar-refractivity contribution in [2.75, 3.05) is 0 Å². The molecule has 0 aliphatic carbocycles. The van der Waals surface area contributed by atoms with Crippen LogP contribution in [-0.4, -0.2) is 16.0 Å². The second-order valence-corrected chi connectivity index (χ2v) is 5.46. The van der Waals surface area contributed by atoms with Crippen LogP contribution in [-0.2, 0) is 17.8 Å². The lowest BCUT2D eigenvalue weighted by Gasteiger charge is -2.02. The van der Waals surface area contributed by atoms with Crippen molar-refractivity contribution in [3.05, 3.63) is 66.0 Å². The van der Waals surface area contributed by atoms with Crippen LogP contribution in [0.1, 0.15) is 11.4 Å². The zero-order valence-electron chi connectivity index (χ0n) is 12.4. The zero-order valence-corrected chi connectivity index (χ0v) is 12.4. The van der Waals surface area contributed by atoms with Crippen molar-refractivity contribution in [2.24, 2.45) is 0 Å². The highest BCUT2D eigenvalue weighted by atomic mass is 16.5. The Kier molecular flexibility index (Phi) is 3.31. The first kappa shape index (κ1) is 13.6. The summed E-state index contributed by atoms with van der Waals surface area (Å²) >= 11 is 0. The Balaban J connectivity index is 1.43. The molecule has 0 aliphatic heterocycles. The highest BCUT2D eigenvalue weighted by Gasteiger charge is 2.12. The largest absolute Gasteiger partial charge is 0.357 e. The number of hydrogen-bond acceptors (Lipinski definition) is 3. The predicted molar refractivity (Wildman–Crippen MR) is 87.9 cm³/mol. The maximum Gasteiger partial charge on any atom is 0.226 e. The minimum Gasteiger partial charge on any atom is -0.357 e. The summed E-state index contributed by atoms with van der Waals surface area (Å²) in [7, 11) is 0. The van der Waals surface area contributed by atoms with Crippen molar-refractivity contribution in [3.8, 4) is 0 Å². The van der Waals surface area contributed by atoms with E-state index in [0.29, 0.717) is 17.8 Å². The van der Waals surface area contributed by atoms with E-state index in [0.717, 1.165) is 22.0 Å². The average molecular weight is 305 g/mol.